The fourth-order valence-corrected chi connectivity index (χ4v) is 6.03. The topological polar surface area (TPSA) is 61.8 Å². The van der Waals surface area contributed by atoms with Crippen molar-refractivity contribution in [3.8, 4) is 0 Å². The van der Waals surface area contributed by atoms with E-state index in [1.165, 1.54) is 45.2 Å². The van der Waals surface area contributed by atoms with Crippen LogP contribution >= 0.6 is 0 Å². The van der Waals surface area contributed by atoms with Crippen molar-refractivity contribution in [1.29, 1.82) is 0 Å². The summed E-state index contributed by atoms with van der Waals surface area (Å²) in [6, 6.07) is 2.66. The van der Waals surface area contributed by atoms with Crippen molar-refractivity contribution in [2.75, 3.05) is 57.9 Å². The Hall–Kier alpha value is -1.73. The van der Waals surface area contributed by atoms with Crippen molar-refractivity contribution in [3.63, 3.8) is 0 Å². The fourth-order valence-electron chi connectivity index (χ4n) is 6.03. The number of methoxy groups -OCH3 is 1. The Morgan fingerprint density at radius 2 is 1.81 bits per heavy atom. The average Bonchev–Trinajstić information content (AvgIpc) is 2.81. The zero-order chi connectivity index (χ0) is 22.5. The first-order valence-corrected chi connectivity index (χ1v) is 12.6. The highest BCUT2D eigenvalue weighted by Crippen LogP contribution is 2.32. The normalized spacial score (nSPS) is 26.6. The standard InChI is InChI=1S/C25H41N5O2/c1-19-16-20(2)27-25(26-19)30-13-7-9-22(18-30)24(31)29(14-15-32-3)17-21-8-6-12-28-11-5-4-10-23(21)28/h16,21-23H,4-15,17-18H2,1-3H3/t21-,22-,23+/m0/s1. The molecule has 3 aliphatic rings. The molecule has 0 unspecified atom stereocenters. The highest BCUT2D eigenvalue weighted by atomic mass is 16.5. The van der Waals surface area contributed by atoms with E-state index in [-0.39, 0.29) is 5.92 Å². The number of aryl methyl sites for hydroxylation is 2. The molecule has 32 heavy (non-hydrogen) atoms. The average molecular weight is 444 g/mol. The molecule has 1 aromatic rings. The lowest BCUT2D eigenvalue weighted by Crippen LogP contribution is -2.53. The van der Waals surface area contributed by atoms with Crippen molar-refractivity contribution in [3.05, 3.63) is 17.5 Å². The molecule has 4 heterocycles. The molecule has 7 nitrogen and oxygen atoms in total. The lowest BCUT2D eigenvalue weighted by molar-refractivity contribution is -0.138. The van der Waals surface area contributed by atoms with Gasteiger partial charge < -0.3 is 19.4 Å². The summed E-state index contributed by atoms with van der Waals surface area (Å²) in [7, 11) is 1.73. The Bertz CT molecular complexity index is 750. The molecule has 3 saturated heterocycles. The fraction of sp³-hybridized carbons (Fsp3) is 0.800. The van der Waals surface area contributed by atoms with Crippen molar-refractivity contribution in [2.24, 2.45) is 11.8 Å². The van der Waals surface area contributed by atoms with Gasteiger partial charge in [-0.2, -0.15) is 0 Å². The van der Waals surface area contributed by atoms with Crippen LogP contribution in [-0.2, 0) is 9.53 Å². The molecule has 0 aliphatic carbocycles. The summed E-state index contributed by atoms with van der Waals surface area (Å²) in [6.07, 6.45) is 8.40. The molecular weight excluding hydrogens is 402 g/mol. The molecule has 7 heteroatoms. The minimum Gasteiger partial charge on any atom is -0.383 e. The van der Waals surface area contributed by atoms with E-state index in [1.807, 2.05) is 19.9 Å². The lowest BCUT2D eigenvalue weighted by atomic mass is 9.83. The van der Waals surface area contributed by atoms with Gasteiger partial charge in [-0.1, -0.05) is 6.42 Å². The van der Waals surface area contributed by atoms with Gasteiger partial charge in [0.05, 0.1) is 12.5 Å². The van der Waals surface area contributed by atoms with Crippen molar-refractivity contribution in [1.82, 2.24) is 19.8 Å². The molecule has 178 valence electrons. The van der Waals surface area contributed by atoms with E-state index in [0.29, 0.717) is 37.6 Å². The summed E-state index contributed by atoms with van der Waals surface area (Å²) in [6.45, 7) is 10.3. The van der Waals surface area contributed by atoms with Gasteiger partial charge in [0.15, 0.2) is 0 Å². The first-order chi connectivity index (χ1) is 15.5. The number of rotatable bonds is 7. The second-order valence-corrected chi connectivity index (χ2v) is 10.0. The quantitative estimate of drug-likeness (QED) is 0.646. The number of hydrogen-bond acceptors (Lipinski definition) is 6. The van der Waals surface area contributed by atoms with Gasteiger partial charge in [0, 0.05) is 50.7 Å². The maximum atomic E-state index is 13.7. The Morgan fingerprint density at radius 3 is 2.59 bits per heavy atom. The van der Waals surface area contributed by atoms with Crippen LogP contribution in [0.15, 0.2) is 6.07 Å². The van der Waals surface area contributed by atoms with E-state index in [1.54, 1.807) is 7.11 Å². The summed E-state index contributed by atoms with van der Waals surface area (Å²) >= 11 is 0. The van der Waals surface area contributed by atoms with Crippen LogP contribution in [0.3, 0.4) is 0 Å². The van der Waals surface area contributed by atoms with Crippen molar-refractivity contribution < 1.29 is 9.53 Å². The number of nitrogens with zero attached hydrogens (tertiary/aromatic N) is 5. The predicted molar refractivity (Wildman–Crippen MR) is 127 cm³/mol. The highest BCUT2D eigenvalue weighted by Gasteiger charge is 2.36. The summed E-state index contributed by atoms with van der Waals surface area (Å²) in [5.74, 6) is 1.67. The number of aromatic nitrogens is 2. The van der Waals surface area contributed by atoms with Crippen molar-refractivity contribution in [2.45, 2.75) is 64.8 Å². The zero-order valence-electron chi connectivity index (χ0n) is 20.3. The molecule has 3 fully saturated rings. The molecule has 0 spiro atoms. The number of piperidine rings is 3. The Morgan fingerprint density at radius 1 is 1.06 bits per heavy atom. The molecule has 0 N–H and O–H groups in total. The zero-order valence-corrected chi connectivity index (χ0v) is 20.3. The van der Waals surface area contributed by atoms with E-state index in [2.05, 4.69) is 24.7 Å². The Labute approximate surface area is 193 Å². The molecule has 0 bridgehead atoms. The van der Waals surface area contributed by atoms with Gasteiger partial charge in [-0.05, 0) is 77.4 Å². The van der Waals surface area contributed by atoms with Gasteiger partial charge in [0.1, 0.15) is 0 Å². The van der Waals surface area contributed by atoms with Gasteiger partial charge in [-0.25, -0.2) is 9.97 Å². The molecule has 0 radical (unpaired) electrons. The summed E-state index contributed by atoms with van der Waals surface area (Å²) in [5.41, 5.74) is 1.97. The van der Waals surface area contributed by atoms with Crippen LogP contribution in [0.2, 0.25) is 0 Å². The second kappa shape index (κ2) is 10.9. The van der Waals surface area contributed by atoms with Crippen LogP contribution in [0.5, 0.6) is 0 Å². The third-order valence-electron chi connectivity index (χ3n) is 7.58. The van der Waals surface area contributed by atoms with Crippen LogP contribution in [0.1, 0.15) is 56.3 Å². The molecule has 3 aliphatic heterocycles. The third kappa shape index (κ3) is 5.60. The number of anilines is 1. The second-order valence-electron chi connectivity index (χ2n) is 10.0. The van der Waals surface area contributed by atoms with Gasteiger partial charge in [0.25, 0.3) is 0 Å². The maximum Gasteiger partial charge on any atom is 0.227 e. The van der Waals surface area contributed by atoms with E-state index in [9.17, 15) is 4.79 Å². The number of hydrogen-bond donors (Lipinski definition) is 0. The van der Waals surface area contributed by atoms with Gasteiger partial charge in [-0.3, -0.25) is 4.79 Å². The smallest absolute Gasteiger partial charge is 0.227 e. The van der Waals surface area contributed by atoms with Crippen LogP contribution in [0.25, 0.3) is 0 Å². The number of carbonyl (C=O) groups excluding carboxylic acids is 1. The molecular formula is C25H41N5O2. The number of fused-ring (bicyclic) bond motifs is 1. The summed E-state index contributed by atoms with van der Waals surface area (Å²) < 4.78 is 5.39. The van der Waals surface area contributed by atoms with Crippen molar-refractivity contribution >= 4 is 11.9 Å². The largest absolute Gasteiger partial charge is 0.383 e. The molecule has 1 aromatic heterocycles. The Balaban J connectivity index is 1.44. The summed E-state index contributed by atoms with van der Waals surface area (Å²) in [4.78, 5) is 30.1. The highest BCUT2D eigenvalue weighted by molar-refractivity contribution is 5.79. The first kappa shape index (κ1) is 23.4. The molecule has 0 aromatic carbocycles. The molecule has 3 atom stereocenters. The Kier molecular flexibility index (Phi) is 8.00. The van der Waals surface area contributed by atoms with Crippen LogP contribution in [-0.4, -0.2) is 84.7 Å². The van der Waals surface area contributed by atoms with E-state index in [4.69, 9.17) is 4.74 Å². The van der Waals surface area contributed by atoms with Crippen LogP contribution in [0, 0.1) is 25.7 Å². The minimum absolute atomic E-state index is 0.0103. The number of ether oxygens (including phenoxy) is 1. The van der Waals surface area contributed by atoms with Crippen LogP contribution < -0.4 is 4.90 Å². The van der Waals surface area contributed by atoms with E-state index < -0.39 is 0 Å². The number of carbonyl (C=O) groups is 1. The number of amides is 1. The van der Waals surface area contributed by atoms with Crippen LogP contribution in [0.4, 0.5) is 5.95 Å². The van der Waals surface area contributed by atoms with Gasteiger partial charge in [0.2, 0.25) is 11.9 Å². The first-order valence-electron chi connectivity index (χ1n) is 12.6. The summed E-state index contributed by atoms with van der Waals surface area (Å²) in [5, 5.41) is 0. The molecule has 0 saturated carbocycles. The van der Waals surface area contributed by atoms with Gasteiger partial charge in [-0.15, -0.1) is 0 Å². The minimum atomic E-state index is 0.0103. The van der Waals surface area contributed by atoms with Gasteiger partial charge >= 0.3 is 0 Å². The molecule has 1 amide bonds. The lowest BCUT2D eigenvalue weighted by Gasteiger charge is -2.46. The third-order valence-corrected chi connectivity index (χ3v) is 7.58. The van der Waals surface area contributed by atoms with E-state index in [0.717, 1.165) is 43.3 Å². The SMILES string of the molecule is COCCN(C[C@@H]1CCCN2CCCC[C@H]12)C(=O)[C@H]1CCCN(c2nc(C)cc(C)n2)C1. The molecule has 4 rings (SSSR count). The monoisotopic (exact) mass is 443 g/mol. The van der Waals surface area contributed by atoms with E-state index >= 15 is 0 Å². The predicted octanol–water partition coefficient (Wildman–Crippen LogP) is 3.05. The maximum absolute atomic E-state index is 13.7.